The summed E-state index contributed by atoms with van der Waals surface area (Å²) < 4.78 is 2.13. The average Bonchev–Trinajstić information content (AvgIpc) is 2.49. The molecule has 0 aliphatic heterocycles. The number of hydrogen-bond donors (Lipinski definition) is 0. The number of aromatic nitrogens is 3. The molecule has 3 rings (SSSR count). The summed E-state index contributed by atoms with van der Waals surface area (Å²) in [6.07, 6.45) is 7.29. The molecule has 3 aromatic rings. The Morgan fingerprint density at radius 3 is 2.50 bits per heavy atom. The van der Waals surface area contributed by atoms with Gasteiger partial charge in [0, 0.05) is 35.7 Å². The van der Waals surface area contributed by atoms with Crippen LogP contribution in [0, 0.1) is 6.92 Å². The topological polar surface area (TPSA) is 29.7 Å². The van der Waals surface area contributed by atoms with E-state index in [1.54, 1.807) is 6.33 Å². The van der Waals surface area contributed by atoms with Gasteiger partial charge in [-0.25, -0.2) is 14.5 Å². The maximum absolute atomic E-state index is 4.09. The van der Waals surface area contributed by atoms with Crippen LogP contribution in [0.15, 0.2) is 61.3 Å². The van der Waals surface area contributed by atoms with E-state index < -0.39 is 0 Å². The lowest BCUT2D eigenvalue weighted by Gasteiger charge is -2.07. The van der Waals surface area contributed by atoms with Crippen molar-refractivity contribution in [3.63, 3.8) is 0 Å². The van der Waals surface area contributed by atoms with Gasteiger partial charge in [0.05, 0.1) is 0 Å². The van der Waals surface area contributed by atoms with Crippen molar-refractivity contribution < 1.29 is 4.57 Å². The van der Waals surface area contributed by atoms with Crippen molar-refractivity contribution in [2.75, 3.05) is 0 Å². The Bertz CT molecular complexity index is 736. The van der Waals surface area contributed by atoms with E-state index in [1.807, 2.05) is 18.5 Å². The lowest BCUT2D eigenvalue weighted by atomic mass is 9.99. The molecule has 2 heterocycles. The summed E-state index contributed by atoms with van der Waals surface area (Å²) in [6, 6.07) is 12.7. The first-order valence-corrected chi connectivity index (χ1v) is 6.57. The number of pyridine rings is 1. The number of benzene rings is 1. The normalized spacial score (nSPS) is 10.5. The molecular weight excluding hydrogens is 246 g/mol. The van der Waals surface area contributed by atoms with Crippen molar-refractivity contribution in [3.05, 3.63) is 66.9 Å². The summed E-state index contributed by atoms with van der Waals surface area (Å²) in [6.45, 7) is 2.13. The van der Waals surface area contributed by atoms with Gasteiger partial charge in [0.25, 0.3) is 0 Å². The Hall–Kier alpha value is -2.55. The smallest absolute Gasteiger partial charge is 0.212 e. The van der Waals surface area contributed by atoms with Crippen LogP contribution in [0.5, 0.6) is 0 Å². The zero-order valence-corrected chi connectivity index (χ0v) is 11.6. The maximum atomic E-state index is 4.09. The van der Waals surface area contributed by atoms with Crippen molar-refractivity contribution in [1.29, 1.82) is 0 Å². The molecule has 0 saturated heterocycles. The fourth-order valence-electron chi connectivity index (χ4n) is 2.33. The fraction of sp³-hybridized carbons (Fsp3) is 0.118. The second-order valence-corrected chi connectivity index (χ2v) is 4.85. The van der Waals surface area contributed by atoms with E-state index in [0.29, 0.717) is 0 Å². The molecule has 3 nitrogen and oxygen atoms in total. The van der Waals surface area contributed by atoms with Crippen LogP contribution in [0.4, 0.5) is 0 Å². The van der Waals surface area contributed by atoms with Crippen LogP contribution in [0.2, 0.25) is 0 Å². The summed E-state index contributed by atoms with van der Waals surface area (Å²) in [7, 11) is 2.06. The molecule has 0 aliphatic rings. The first-order valence-electron chi connectivity index (χ1n) is 6.57. The van der Waals surface area contributed by atoms with Gasteiger partial charge in [0.1, 0.15) is 13.4 Å². The Morgan fingerprint density at radius 2 is 1.75 bits per heavy atom. The summed E-state index contributed by atoms with van der Waals surface area (Å²) in [4.78, 5) is 8.17. The highest BCUT2D eigenvalue weighted by Crippen LogP contribution is 2.26. The van der Waals surface area contributed by atoms with Crippen LogP contribution >= 0.6 is 0 Å². The number of nitrogens with zero attached hydrogens (tertiary/aromatic N) is 3. The molecule has 0 fully saturated rings. The van der Waals surface area contributed by atoms with Gasteiger partial charge >= 0.3 is 0 Å². The monoisotopic (exact) mass is 262 g/mol. The van der Waals surface area contributed by atoms with Crippen LogP contribution in [0.3, 0.4) is 0 Å². The lowest BCUT2D eigenvalue weighted by molar-refractivity contribution is -0.660. The third-order valence-corrected chi connectivity index (χ3v) is 3.46. The fourth-order valence-corrected chi connectivity index (χ4v) is 2.33. The third-order valence-electron chi connectivity index (χ3n) is 3.46. The van der Waals surface area contributed by atoms with Gasteiger partial charge < -0.3 is 0 Å². The van der Waals surface area contributed by atoms with Crippen molar-refractivity contribution >= 4 is 0 Å². The second kappa shape index (κ2) is 5.21. The Labute approximate surface area is 118 Å². The summed E-state index contributed by atoms with van der Waals surface area (Å²) in [5, 5.41) is 0. The van der Waals surface area contributed by atoms with E-state index >= 15 is 0 Å². The Morgan fingerprint density at radius 1 is 0.950 bits per heavy atom. The SMILES string of the molecule is Cc1ccc(-c2cncnc2)cc1-c1cccc[n+]1C. The molecule has 3 heteroatoms. The Kier molecular flexibility index (Phi) is 3.25. The zero-order valence-electron chi connectivity index (χ0n) is 11.6. The largest absolute Gasteiger partial charge is 0.244 e. The molecule has 0 aliphatic carbocycles. The average molecular weight is 262 g/mol. The summed E-state index contributed by atoms with van der Waals surface area (Å²) in [5.74, 6) is 0. The summed E-state index contributed by atoms with van der Waals surface area (Å²) >= 11 is 0. The van der Waals surface area contributed by atoms with Crippen molar-refractivity contribution in [2.45, 2.75) is 6.92 Å². The van der Waals surface area contributed by atoms with E-state index in [9.17, 15) is 0 Å². The molecule has 0 unspecified atom stereocenters. The molecule has 0 bridgehead atoms. The molecule has 20 heavy (non-hydrogen) atoms. The van der Waals surface area contributed by atoms with Gasteiger partial charge in [-0.15, -0.1) is 0 Å². The molecule has 0 saturated carbocycles. The molecule has 0 amide bonds. The number of aryl methyl sites for hydroxylation is 2. The van der Waals surface area contributed by atoms with Gasteiger partial charge in [0.2, 0.25) is 5.69 Å². The van der Waals surface area contributed by atoms with Gasteiger partial charge in [0.15, 0.2) is 6.20 Å². The predicted molar refractivity (Wildman–Crippen MR) is 78.8 cm³/mol. The van der Waals surface area contributed by atoms with Crippen molar-refractivity contribution in [2.24, 2.45) is 7.05 Å². The Balaban J connectivity index is 2.15. The van der Waals surface area contributed by atoms with E-state index in [2.05, 4.69) is 65.0 Å². The van der Waals surface area contributed by atoms with Gasteiger partial charge in [-0.1, -0.05) is 12.1 Å². The number of hydrogen-bond acceptors (Lipinski definition) is 2. The highest BCUT2D eigenvalue weighted by Gasteiger charge is 2.12. The van der Waals surface area contributed by atoms with Crippen LogP contribution in [0.25, 0.3) is 22.4 Å². The predicted octanol–water partition coefficient (Wildman–Crippen LogP) is 2.94. The van der Waals surface area contributed by atoms with Crippen LogP contribution in [-0.2, 0) is 7.05 Å². The molecule has 0 N–H and O–H groups in total. The second-order valence-electron chi connectivity index (χ2n) is 4.85. The highest BCUT2D eigenvalue weighted by atomic mass is 14.9. The minimum atomic E-state index is 1.03. The minimum Gasteiger partial charge on any atom is -0.244 e. The van der Waals surface area contributed by atoms with E-state index in [-0.39, 0.29) is 0 Å². The van der Waals surface area contributed by atoms with Crippen molar-refractivity contribution in [1.82, 2.24) is 9.97 Å². The zero-order chi connectivity index (χ0) is 13.9. The van der Waals surface area contributed by atoms with E-state index in [4.69, 9.17) is 0 Å². The van der Waals surface area contributed by atoms with Gasteiger partial charge in [-0.2, -0.15) is 0 Å². The molecule has 2 aromatic heterocycles. The molecule has 0 radical (unpaired) electrons. The van der Waals surface area contributed by atoms with E-state index in [1.165, 1.54) is 16.8 Å². The third kappa shape index (κ3) is 2.30. The first-order chi connectivity index (χ1) is 9.75. The quantitative estimate of drug-likeness (QED) is 0.665. The molecule has 0 atom stereocenters. The summed E-state index contributed by atoms with van der Waals surface area (Å²) in [5.41, 5.74) is 5.85. The van der Waals surface area contributed by atoms with Crippen LogP contribution < -0.4 is 4.57 Å². The first kappa shape index (κ1) is 12.5. The maximum Gasteiger partial charge on any atom is 0.212 e. The number of rotatable bonds is 2. The van der Waals surface area contributed by atoms with Crippen molar-refractivity contribution in [3.8, 4) is 22.4 Å². The van der Waals surface area contributed by atoms with Gasteiger partial charge in [-0.05, 0) is 30.2 Å². The molecule has 0 spiro atoms. The molecular formula is C17H16N3+. The molecule has 1 aromatic carbocycles. The standard InChI is InChI=1S/C17H16N3/c1-13-6-7-14(15-10-18-12-19-11-15)9-16(13)17-5-3-4-8-20(17)2/h3-12H,1-2H3/q+1. The van der Waals surface area contributed by atoms with E-state index in [0.717, 1.165) is 11.1 Å². The minimum absolute atomic E-state index is 1.03. The van der Waals surface area contributed by atoms with Gasteiger partial charge in [-0.3, -0.25) is 0 Å². The molecule has 98 valence electrons. The van der Waals surface area contributed by atoms with Crippen LogP contribution in [-0.4, -0.2) is 9.97 Å². The lowest BCUT2D eigenvalue weighted by Crippen LogP contribution is -2.30. The van der Waals surface area contributed by atoms with Crippen LogP contribution in [0.1, 0.15) is 5.56 Å². The highest BCUT2D eigenvalue weighted by molar-refractivity contribution is 5.71.